The molecule has 0 aliphatic carbocycles. The molecule has 1 aromatic heterocycles. The Kier molecular flexibility index (Phi) is 5.02. The van der Waals surface area contributed by atoms with Crippen LogP contribution in [0, 0.1) is 12.8 Å². The predicted molar refractivity (Wildman–Crippen MR) is 103 cm³/mol. The molecule has 4 rings (SSSR count). The molecule has 6 heteroatoms. The van der Waals surface area contributed by atoms with Crippen molar-refractivity contribution in [3.8, 4) is 0 Å². The first-order valence-electron chi connectivity index (χ1n) is 9.73. The van der Waals surface area contributed by atoms with E-state index < -0.39 is 0 Å². The third-order valence-electron chi connectivity index (χ3n) is 5.87. The van der Waals surface area contributed by atoms with Crippen molar-refractivity contribution in [1.29, 1.82) is 0 Å². The fraction of sp³-hybridized carbons (Fsp3) is 0.524. The van der Waals surface area contributed by atoms with Gasteiger partial charge in [-0.25, -0.2) is 4.98 Å². The summed E-state index contributed by atoms with van der Waals surface area (Å²) in [5.74, 6) is 0.860. The number of amides is 1. The summed E-state index contributed by atoms with van der Waals surface area (Å²) >= 11 is 0. The van der Waals surface area contributed by atoms with Gasteiger partial charge in [0.2, 0.25) is 0 Å². The van der Waals surface area contributed by atoms with Crippen molar-refractivity contribution in [1.82, 2.24) is 19.8 Å². The predicted octanol–water partition coefficient (Wildman–Crippen LogP) is 2.14. The van der Waals surface area contributed by atoms with Gasteiger partial charge in [0.05, 0.1) is 5.60 Å². The lowest BCUT2D eigenvalue weighted by atomic mass is 9.78. The summed E-state index contributed by atoms with van der Waals surface area (Å²) in [6.45, 7) is 6.58. The molecule has 0 unspecified atom stereocenters. The Balaban J connectivity index is 1.26. The number of aryl methyl sites for hydroxylation is 2. The third kappa shape index (κ3) is 3.77. The minimum absolute atomic E-state index is 0.0161. The Morgan fingerprint density at radius 2 is 2.26 bits per heavy atom. The van der Waals surface area contributed by atoms with Crippen molar-refractivity contribution in [2.45, 2.75) is 31.9 Å². The number of rotatable bonds is 6. The minimum Gasteiger partial charge on any atom is -0.372 e. The Hall–Kier alpha value is -2.18. The summed E-state index contributed by atoms with van der Waals surface area (Å²) in [5, 5.41) is 3.00. The number of nitrogens with one attached hydrogen (secondary N) is 1. The van der Waals surface area contributed by atoms with E-state index in [1.165, 1.54) is 11.1 Å². The quantitative estimate of drug-likeness (QED) is 0.849. The van der Waals surface area contributed by atoms with Crippen LogP contribution in [-0.4, -0.2) is 52.2 Å². The smallest absolute Gasteiger partial charge is 0.287 e. The highest BCUT2D eigenvalue weighted by Crippen LogP contribution is 2.42. The highest BCUT2D eigenvalue weighted by Gasteiger charge is 2.52. The van der Waals surface area contributed by atoms with Crippen molar-refractivity contribution in [3.05, 3.63) is 53.6 Å². The third-order valence-corrected chi connectivity index (χ3v) is 5.87. The summed E-state index contributed by atoms with van der Waals surface area (Å²) in [6.07, 6.45) is 5.46. The van der Waals surface area contributed by atoms with Crippen LogP contribution in [0.25, 0.3) is 0 Å². The summed E-state index contributed by atoms with van der Waals surface area (Å²) < 4.78 is 7.90. The molecule has 2 saturated heterocycles. The number of carbonyl (C=O) groups is 1. The lowest BCUT2D eigenvalue weighted by Crippen LogP contribution is -2.64. The average Bonchev–Trinajstić information content (AvgIpc) is 3.21. The summed E-state index contributed by atoms with van der Waals surface area (Å²) in [7, 11) is 1.83. The number of hydrogen-bond acceptors (Lipinski definition) is 4. The van der Waals surface area contributed by atoms with Crippen LogP contribution in [0.1, 0.15) is 34.6 Å². The van der Waals surface area contributed by atoms with Crippen molar-refractivity contribution < 1.29 is 9.53 Å². The Morgan fingerprint density at radius 1 is 1.41 bits per heavy atom. The number of likely N-dealkylation sites (tertiary alicyclic amines) is 1. The van der Waals surface area contributed by atoms with E-state index in [2.05, 4.69) is 46.4 Å². The number of aromatic nitrogens is 2. The van der Waals surface area contributed by atoms with Gasteiger partial charge in [0.25, 0.3) is 5.91 Å². The molecule has 1 N–H and O–H groups in total. The number of carbonyl (C=O) groups excluding carboxylic acids is 1. The molecule has 1 aromatic carbocycles. The van der Waals surface area contributed by atoms with Gasteiger partial charge in [-0.05, 0) is 31.2 Å². The van der Waals surface area contributed by atoms with Gasteiger partial charge in [0.1, 0.15) is 0 Å². The Labute approximate surface area is 160 Å². The second-order valence-electron chi connectivity index (χ2n) is 7.94. The molecule has 0 saturated carbocycles. The normalized spacial score (nSPS) is 21.3. The van der Waals surface area contributed by atoms with E-state index >= 15 is 0 Å². The van der Waals surface area contributed by atoms with Crippen LogP contribution in [0.2, 0.25) is 0 Å². The zero-order valence-electron chi connectivity index (χ0n) is 16.1. The fourth-order valence-corrected chi connectivity index (χ4v) is 4.46. The number of ether oxygens (including phenoxy) is 1. The topological polar surface area (TPSA) is 59.4 Å². The zero-order valence-corrected chi connectivity index (χ0v) is 16.1. The van der Waals surface area contributed by atoms with Crippen LogP contribution in [-0.2, 0) is 18.3 Å². The summed E-state index contributed by atoms with van der Waals surface area (Å²) in [4.78, 5) is 18.7. The van der Waals surface area contributed by atoms with Gasteiger partial charge in [-0.1, -0.05) is 29.8 Å². The molecule has 0 bridgehead atoms. The Bertz CT molecular complexity index is 810. The first kappa shape index (κ1) is 18.2. The number of nitrogens with zero attached hydrogens (tertiary/aromatic N) is 3. The molecule has 1 spiro atoms. The molecule has 144 valence electrons. The summed E-state index contributed by atoms with van der Waals surface area (Å²) in [5.41, 5.74) is 2.65. The van der Waals surface area contributed by atoms with E-state index in [9.17, 15) is 4.79 Å². The van der Waals surface area contributed by atoms with Crippen LogP contribution in [0.4, 0.5) is 0 Å². The molecular weight excluding hydrogens is 340 g/mol. The SMILES string of the molecule is Cc1cccc(CN2CC3(C2)OCC[C@H]3CCNC(=O)c2nccn2C)c1. The number of hydrogen-bond donors (Lipinski definition) is 1. The molecule has 2 aliphatic rings. The van der Waals surface area contributed by atoms with E-state index in [1.807, 2.05) is 7.05 Å². The van der Waals surface area contributed by atoms with Gasteiger partial charge in [-0.3, -0.25) is 9.69 Å². The maximum Gasteiger partial charge on any atom is 0.287 e. The van der Waals surface area contributed by atoms with Crippen LogP contribution in [0.3, 0.4) is 0 Å². The van der Waals surface area contributed by atoms with Gasteiger partial charge < -0.3 is 14.6 Å². The van der Waals surface area contributed by atoms with E-state index in [4.69, 9.17) is 4.74 Å². The van der Waals surface area contributed by atoms with Crippen LogP contribution >= 0.6 is 0 Å². The molecule has 2 aliphatic heterocycles. The number of imidazole rings is 1. The maximum absolute atomic E-state index is 12.2. The van der Waals surface area contributed by atoms with Crippen LogP contribution in [0.5, 0.6) is 0 Å². The van der Waals surface area contributed by atoms with E-state index in [0.717, 1.165) is 39.1 Å². The second-order valence-corrected chi connectivity index (χ2v) is 7.94. The standard InChI is InChI=1S/C21H28N4O2/c1-16-4-3-5-17(12-16)13-25-14-21(15-25)18(7-11-27-21)6-8-23-20(26)19-22-9-10-24(19)2/h3-5,9-10,12,18H,6-8,11,13-15H2,1-2H3,(H,23,26)/t18-/m1/s1. The van der Waals surface area contributed by atoms with Crippen molar-refractivity contribution in [3.63, 3.8) is 0 Å². The highest BCUT2D eigenvalue weighted by molar-refractivity contribution is 5.90. The zero-order chi connectivity index (χ0) is 18.9. The van der Waals surface area contributed by atoms with Gasteiger partial charge in [0, 0.05) is 52.2 Å². The molecule has 3 heterocycles. The second kappa shape index (κ2) is 7.44. The van der Waals surface area contributed by atoms with Crippen LogP contribution < -0.4 is 5.32 Å². The minimum atomic E-state index is -0.106. The first-order chi connectivity index (χ1) is 13.1. The molecule has 0 radical (unpaired) electrons. The number of benzene rings is 1. The van der Waals surface area contributed by atoms with E-state index in [1.54, 1.807) is 17.0 Å². The van der Waals surface area contributed by atoms with Gasteiger partial charge in [0.15, 0.2) is 5.82 Å². The monoisotopic (exact) mass is 368 g/mol. The van der Waals surface area contributed by atoms with E-state index in [0.29, 0.717) is 18.3 Å². The van der Waals surface area contributed by atoms with Crippen molar-refractivity contribution in [2.75, 3.05) is 26.2 Å². The Morgan fingerprint density at radius 3 is 3.00 bits per heavy atom. The lowest BCUT2D eigenvalue weighted by molar-refractivity contribution is -0.136. The molecule has 1 atom stereocenters. The average molecular weight is 368 g/mol. The van der Waals surface area contributed by atoms with Gasteiger partial charge in [-0.15, -0.1) is 0 Å². The molecule has 2 fully saturated rings. The van der Waals surface area contributed by atoms with Crippen molar-refractivity contribution >= 4 is 5.91 Å². The maximum atomic E-state index is 12.2. The van der Waals surface area contributed by atoms with Crippen LogP contribution in [0.15, 0.2) is 36.7 Å². The molecule has 1 amide bonds. The molecular formula is C21H28N4O2. The van der Waals surface area contributed by atoms with E-state index in [-0.39, 0.29) is 11.5 Å². The van der Waals surface area contributed by atoms with Crippen molar-refractivity contribution in [2.24, 2.45) is 13.0 Å². The highest BCUT2D eigenvalue weighted by atomic mass is 16.5. The lowest BCUT2D eigenvalue weighted by Gasteiger charge is -2.50. The van der Waals surface area contributed by atoms with Gasteiger partial charge >= 0.3 is 0 Å². The summed E-state index contributed by atoms with van der Waals surface area (Å²) in [6, 6.07) is 8.71. The first-order valence-corrected chi connectivity index (χ1v) is 9.73. The molecule has 27 heavy (non-hydrogen) atoms. The molecule has 6 nitrogen and oxygen atoms in total. The largest absolute Gasteiger partial charge is 0.372 e. The fourth-order valence-electron chi connectivity index (χ4n) is 4.46. The van der Waals surface area contributed by atoms with Gasteiger partial charge in [-0.2, -0.15) is 0 Å². The molecule has 2 aromatic rings.